The summed E-state index contributed by atoms with van der Waals surface area (Å²) in [5.74, 6) is 0. The monoisotopic (exact) mass is 190 g/mol. The number of nitrogens with one attached hydrogen (secondary N) is 1. The van der Waals surface area contributed by atoms with Crippen molar-refractivity contribution in [2.75, 3.05) is 26.2 Å². The Bertz CT molecular complexity index is 254. The van der Waals surface area contributed by atoms with E-state index >= 15 is 0 Å². The predicted molar refractivity (Wildman–Crippen MR) is 59.2 cm³/mol. The van der Waals surface area contributed by atoms with E-state index in [2.05, 4.69) is 40.5 Å². The summed E-state index contributed by atoms with van der Waals surface area (Å²) in [6.07, 6.45) is 1.27. The molecular weight excluding hydrogens is 172 g/mol. The third-order valence-electron chi connectivity index (χ3n) is 2.54. The first-order valence-corrected chi connectivity index (χ1v) is 5.42. The van der Waals surface area contributed by atoms with E-state index in [1.807, 2.05) is 0 Å². The van der Waals surface area contributed by atoms with Crippen LogP contribution in [0.25, 0.3) is 0 Å². The minimum atomic E-state index is 1.00. The molecule has 1 fully saturated rings. The summed E-state index contributed by atoms with van der Waals surface area (Å²) in [5, 5.41) is 3.46. The zero-order valence-electron chi connectivity index (χ0n) is 8.58. The van der Waals surface area contributed by atoms with Gasteiger partial charge in [-0.1, -0.05) is 30.3 Å². The molecule has 1 aliphatic rings. The number of rotatable bonds is 6. The van der Waals surface area contributed by atoms with Crippen LogP contribution in [0.15, 0.2) is 30.3 Å². The van der Waals surface area contributed by atoms with Crippen LogP contribution < -0.4 is 5.32 Å². The van der Waals surface area contributed by atoms with Crippen molar-refractivity contribution in [3.05, 3.63) is 35.9 Å². The molecule has 2 heteroatoms. The van der Waals surface area contributed by atoms with Crippen LogP contribution in [0.5, 0.6) is 0 Å². The molecule has 1 heterocycles. The van der Waals surface area contributed by atoms with Crippen molar-refractivity contribution in [1.29, 1.82) is 0 Å². The third kappa shape index (κ3) is 3.48. The van der Waals surface area contributed by atoms with Gasteiger partial charge in [0.1, 0.15) is 0 Å². The fourth-order valence-electron chi connectivity index (χ4n) is 1.55. The van der Waals surface area contributed by atoms with Gasteiger partial charge in [-0.05, 0) is 25.1 Å². The van der Waals surface area contributed by atoms with Gasteiger partial charge in [0, 0.05) is 19.6 Å². The van der Waals surface area contributed by atoms with E-state index in [9.17, 15) is 0 Å². The molecule has 14 heavy (non-hydrogen) atoms. The lowest BCUT2D eigenvalue weighted by Crippen LogP contribution is -2.17. The molecule has 1 saturated heterocycles. The minimum Gasteiger partial charge on any atom is -0.313 e. The second-order valence-corrected chi connectivity index (χ2v) is 3.86. The van der Waals surface area contributed by atoms with Crippen LogP contribution in [0, 0.1) is 0 Å². The average molecular weight is 190 g/mol. The Hall–Kier alpha value is -0.860. The summed E-state index contributed by atoms with van der Waals surface area (Å²) >= 11 is 0. The zero-order valence-corrected chi connectivity index (χ0v) is 8.58. The Balaban J connectivity index is 1.54. The quantitative estimate of drug-likeness (QED) is 0.540. The van der Waals surface area contributed by atoms with Gasteiger partial charge in [0.15, 0.2) is 0 Å². The van der Waals surface area contributed by atoms with Crippen LogP contribution in [0.4, 0.5) is 0 Å². The first kappa shape index (κ1) is 9.69. The molecule has 76 valence electrons. The molecule has 0 unspecified atom stereocenters. The summed E-state index contributed by atoms with van der Waals surface area (Å²) in [5.41, 5.74) is 1.37. The van der Waals surface area contributed by atoms with Crippen molar-refractivity contribution in [3.8, 4) is 0 Å². The SMILES string of the molecule is c1ccc(CNCCCN2CC2)cc1. The molecule has 0 spiro atoms. The maximum absolute atomic E-state index is 3.46. The molecule has 1 N–H and O–H groups in total. The van der Waals surface area contributed by atoms with Crippen LogP contribution >= 0.6 is 0 Å². The van der Waals surface area contributed by atoms with Crippen LogP contribution in [0.2, 0.25) is 0 Å². The first-order chi connectivity index (χ1) is 6.95. The molecule has 1 aliphatic heterocycles. The average Bonchev–Trinajstić information content (AvgIpc) is 3.03. The molecule has 2 rings (SSSR count). The van der Waals surface area contributed by atoms with Crippen LogP contribution in [0.3, 0.4) is 0 Å². The normalized spacial score (nSPS) is 15.7. The Kier molecular flexibility index (Phi) is 3.55. The molecule has 2 nitrogen and oxygen atoms in total. The number of benzene rings is 1. The highest BCUT2D eigenvalue weighted by Crippen LogP contribution is 2.03. The Labute approximate surface area is 85.9 Å². The largest absolute Gasteiger partial charge is 0.313 e. The maximum atomic E-state index is 3.46. The molecule has 0 atom stereocenters. The predicted octanol–water partition coefficient (Wildman–Crippen LogP) is 1.48. The van der Waals surface area contributed by atoms with E-state index in [4.69, 9.17) is 0 Å². The standard InChI is InChI=1S/C12H18N2/c1-2-5-12(6-3-1)11-13-7-4-8-14-9-10-14/h1-3,5-6,13H,4,7-11H2. The first-order valence-electron chi connectivity index (χ1n) is 5.42. The highest BCUT2D eigenvalue weighted by molar-refractivity contribution is 5.14. The van der Waals surface area contributed by atoms with Gasteiger partial charge in [0.2, 0.25) is 0 Å². The van der Waals surface area contributed by atoms with Crippen LogP contribution in [-0.2, 0) is 6.54 Å². The second-order valence-electron chi connectivity index (χ2n) is 3.86. The van der Waals surface area contributed by atoms with E-state index in [-0.39, 0.29) is 0 Å². The lowest BCUT2D eigenvalue weighted by molar-refractivity contribution is 0.513. The van der Waals surface area contributed by atoms with Gasteiger partial charge >= 0.3 is 0 Å². The second kappa shape index (κ2) is 5.13. The van der Waals surface area contributed by atoms with Gasteiger partial charge in [-0.25, -0.2) is 0 Å². The van der Waals surface area contributed by atoms with Gasteiger partial charge in [-0.15, -0.1) is 0 Å². The summed E-state index contributed by atoms with van der Waals surface area (Å²) < 4.78 is 0. The maximum Gasteiger partial charge on any atom is 0.0205 e. The van der Waals surface area contributed by atoms with E-state index in [1.54, 1.807) is 0 Å². The van der Waals surface area contributed by atoms with Gasteiger partial charge in [0.05, 0.1) is 0 Å². The van der Waals surface area contributed by atoms with Gasteiger partial charge < -0.3 is 10.2 Å². The van der Waals surface area contributed by atoms with Gasteiger partial charge in [-0.2, -0.15) is 0 Å². The third-order valence-corrected chi connectivity index (χ3v) is 2.54. The van der Waals surface area contributed by atoms with Gasteiger partial charge in [0.25, 0.3) is 0 Å². The van der Waals surface area contributed by atoms with Crippen molar-refractivity contribution in [2.24, 2.45) is 0 Å². The highest BCUT2D eigenvalue weighted by Gasteiger charge is 2.14. The van der Waals surface area contributed by atoms with E-state index in [1.165, 1.54) is 31.6 Å². The van der Waals surface area contributed by atoms with Crippen LogP contribution in [-0.4, -0.2) is 31.1 Å². The molecule has 0 amide bonds. The van der Waals surface area contributed by atoms with Gasteiger partial charge in [-0.3, -0.25) is 0 Å². The molecule has 0 saturated carbocycles. The fraction of sp³-hybridized carbons (Fsp3) is 0.500. The lowest BCUT2D eigenvalue weighted by atomic mass is 10.2. The molecule has 0 radical (unpaired) electrons. The van der Waals surface area contributed by atoms with E-state index < -0.39 is 0 Å². The smallest absolute Gasteiger partial charge is 0.0205 e. The molecule has 1 aromatic carbocycles. The van der Waals surface area contributed by atoms with Crippen molar-refractivity contribution >= 4 is 0 Å². The topological polar surface area (TPSA) is 15.0 Å². The van der Waals surface area contributed by atoms with Crippen molar-refractivity contribution in [1.82, 2.24) is 10.2 Å². The molecular formula is C12H18N2. The minimum absolute atomic E-state index is 1.00. The fourth-order valence-corrected chi connectivity index (χ4v) is 1.55. The summed E-state index contributed by atoms with van der Waals surface area (Å²) in [6, 6.07) is 10.6. The van der Waals surface area contributed by atoms with Crippen molar-refractivity contribution in [2.45, 2.75) is 13.0 Å². The number of hydrogen-bond acceptors (Lipinski definition) is 2. The zero-order chi connectivity index (χ0) is 9.64. The lowest BCUT2D eigenvalue weighted by Gasteiger charge is -2.04. The van der Waals surface area contributed by atoms with E-state index in [0.717, 1.165) is 13.1 Å². The molecule has 1 aromatic rings. The Morgan fingerprint density at radius 2 is 1.93 bits per heavy atom. The van der Waals surface area contributed by atoms with Crippen LogP contribution in [0.1, 0.15) is 12.0 Å². The van der Waals surface area contributed by atoms with Crippen molar-refractivity contribution < 1.29 is 0 Å². The summed E-state index contributed by atoms with van der Waals surface area (Å²) in [7, 11) is 0. The number of hydrogen-bond donors (Lipinski definition) is 1. The Morgan fingerprint density at radius 1 is 1.14 bits per heavy atom. The van der Waals surface area contributed by atoms with E-state index in [0.29, 0.717) is 0 Å². The Morgan fingerprint density at radius 3 is 2.64 bits per heavy atom. The molecule has 0 aromatic heterocycles. The highest BCUT2D eigenvalue weighted by atomic mass is 15.2. The van der Waals surface area contributed by atoms with Crippen molar-refractivity contribution in [3.63, 3.8) is 0 Å². The molecule has 0 aliphatic carbocycles. The molecule has 0 bridgehead atoms. The summed E-state index contributed by atoms with van der Waals surface area (Å²) in [6.45, 7) is 6.03. The summed E-state index contributed by atoms with van der Waals surface area (Å²) in [4.78, 5) is 2.46. The number of nitrogens with zero attached hydrogens (tertiary/aromatic N) is 1.